The highest BCUT2D eigenvalue weighted by atomic mass is 127. The summed E-state index contributed by atoms with van der Waals surface area (Å²) in [5.41, 5.74) is 2.24. The molecule has 0 unspecified atom stereocenters. The summed E-state index contributed by atoms with van der Waals surface area (Å²) >= 11 is 0. The number of guanidine groups is 1. The minimum Gasteiger partial charge on any atom is -0.481 e. The zero-order chi connectivity index (χ0) is 15.8. The summed E-state index contributed by atoms with van der Waals surface area (Å²) in [7, 11) is 5.43. The molecule has 1 heterocycles. The molecular weight excluding hydrogens is 403 g/mol. The first-order chi connectivity index (χ1) is 10.7. The molecule has 0 amide bonds. The summed E-state index contributed by atoms with van der Waals surface area (Å²) in [4.78, 5) is 10.6. The largest absolute Gasteiger partial charge is 0.481 e. The van der Waals surface area contributed by atoms with Crippen LogP contribution in [-0.2, 0) is 13.1 Å². The molecule has 2 aromatic rings. The van der Waals surface area contributed by atoms with Crippen molar-refractivity contribution in [2.75, 3.05) is 21.2 Å². The van der Waals surface area contributed by atoms with E-state index in [1.165, 1.54) is 5.56 Å². The Morgan fingerprint density at radius 2 is 1.96 bits per heavy atom. The number of nitrogens with zero attached hydrogens (tertiary/aromatic N) is 3. The van der Waals surface area contributed by atoms with Crippen LogP contribution in [0.25, 0.3) is 0 Å². The van der Waals surface area contributed by atoms with Crippen molar-refractivity contribution in [3.05, 3.63) is 59.8 Å². The Balaban J connectivity index is 0.00000264. The fourth-order valence-corrected chi connectivity index (χ4v) is 2.23. The van der Waals surface area contributed by atoms with Crippen LogP contribution in [0.4, 0.5) is 0 Å². The summed E-state index contributed by atoms with van der Waals surface area (Å²) < 4.78 is 5.26. The highest BCUT2D eigenvalue weighted by Gasteiger charge is 2.08. The minimum absolute atomic E-state index is 0. The van der Waals surface area contributed by atoms with E-state index in [4.69, 9.17) is 4.74 Å². The van der Waals surface area contributed by atoms with Gasteiger partial charge in [-0.15, -0.1) is 24.0 Å². The van der Waals surface area contributed by atoms with Crippen molar-refractivity contribution in [2.24, 2.45) is 4.99 Å². The third-order valence-corrected chi connectivity index (χ3v) is 3.32. The number of benzene rings is 1. The van der Waals surface area contributed by atoms with Crippen molar-refractivity contribution < 1.29 is 4.74 Å². The lowest BCUT2D eigenvalue weighted by atomic mass is 10.2. The second-order valence-electron chi connectivity index (χ2n) is 4.91. The molecule has 6 heteroatoms. The maximum absolute atomic E-state index is 5.26. The zero-order valence-electron chi connectivity index (χ0n) is 13.7. The van der Waals surface area contributed by atoms with Gasteiger partial charge < -0.3 is 15.0 Å². The number of ether oxygens (including phenoxy) is 1. The van der Waals surface area contributed by atoms with Gasteiger partial charge in [-0.05, 0) is 11.6 Å². The number of rotatable bonds is 5. The maximum Gasteiger partial charge on any atom is 0.218 e. The topological polar surface area (TPSA) is 49.8 Å². The minimum atomic E-state index is 0. The Hall–Kier alpha value is -1.83. The van der Waals surface area contributed by atoms with Gasteiger partial charge in [0.05, 0.1) is 7.11 Å². The molecule has 0 saturated heterocycles. The van der Waals surface area contributed by atoms with E-state index in [1.54, 1.807) is 20.4 Å². The second-order valence-corrected chi connectivity index (χ2v) is 4.91. The Kier molecular flexibility index (Phi) is 8.39. The number of halogens is 1. The SMILES string of the molecule is CN=C(NCc1cccnc1OC)N(C)Cc1ccccc1.I. The molecule has 5 nitrogen and oxygen atoms in total. The van der Waals surface area contributed by atoms with Crippen molar-refractivity contribution in [3.63, 3.8) is 0 Å². The van der Waals surface area contributed by atoms with E-state index in [0.29, 0.717) is 12.4 Å². The van der Waals surface area contributed by atoms with E-state index in [2.05, 4.69) is 32.3 Å². The van der Waals surface area contributed by atoms with Crippen molar-refractivity contribution in [1.29, 1.82) is 0 Å². The Morgan fingerprint density at radius 1 is 1.22 bits per heavy atom. The molecule has 1 aromatic carbocycles. The van der Waals surface area contributed by atoms with Gasteiger partial charge in [-0.1, -0.05) is 36.4 Å². The van der Waals surface area contributed by atoms with Gasteiger partial charge >= 0.3 is 0 Å². The van der Waals surface area contributed by atoms with E-state index < -0.39 is 0 Å². The Morgan fingerprint density at radius 3 is 2.61 bits per heavy atom. The van der Waals surface area contributed by atoms with Gasteiger partial charge in [0.2, 0.25) is 5.88 Å². The first-order valence-corrected chi connectivity index (χ1v) is 7.18. The fourth-order valence-electron chi connectivity index (χ4n) is 2.23. The van der Waals surface area contributed by atoms with Crippen molar-refractivity contribution in [1.82, 2.24) is 15.2 Å². The third-order valence-electron chi connectivity index (χ3n) is 3.32. The number of hydrogen-bond acceptors (Lipinski definition) is 3. The van der Waals surface area contributed by atoms with E-state index in [-0.39, 0.29) is 24.0 Å². The molecule has 0 aliphatic heterocycles. The standard InChI is InChI=1S/C17H22N4O.HI/c1-18-17(21(2)13-14-8-5-4-6-9-14)20-12-15-10-7-11-19-16(15)22-3;/h4-11H,12-13H2,1-3H3,(H,18,20);1H. The van der Waals surface area contributed by atoms with Crippen LogP contribution in [-0.4, -0.2) is 37.0 Å². The molecule has 124 valence electrons. The lowest BCUT2D eigenvalue weighted by molar-refractivity contribution is 0.391. The number of aliphatic imine (C=N–C) groups is 1. The second kappa shape index (κ2) is 10.0. The van der Waals surface area contributed by atoms with Crippen LogP contribution in [0.2, 0.25) is 0 Å². The van der Waals surface area contributed by atoms with Crippen LogP contribution in [0.1, 0.15) is 11.1 Å². The molecular formula is C17H23IN4O. The first kappa shape index (κ1) is 19.2. The molecule has 0 bridgehead atoms. The summed E-state index contributed by atoms with van der Waals surface area (Å²) in [6, 6.07) is 14.2. The van der Waals surface area contributed by atoms with Gasteiger partial charge in [0.15, 0.2) is 5.96 Å². The summed E-state index contributed by atoms with van der Waals surface area (Å²) in [5, 5.41) is 3.34. The lowest BCUT2D eigenvalue weighted by Crippen LogP contribution is -2.38. The summed E-state index contributed by atoms with van der Waals surface area (Å²) in [6.45, 7) is 1.41. The summed E-state index contributed by atoms with van der Waals surface area (Å²) in [6.07, 6.45) is 1.72. The molecule has 1 aromatic heterocycles. The van der Waals surface area contributed by atoms with E-state index in [9.17, 15) is 0 Å². The Bertz CT molecular complexity index is 619. The molecule has 0 aliphatic rings. The van der Waals surface area contributed by atoms with Crippen molar-refractivity contribution in [3.8, 4) is 5.88 Å². The monoisotopic (exact) mass is 426 g/mol. The third kappa shape index (κ3) is 5.70. The molecule has 0 fully saturated rings. The van der Waals surface area contributed by atoms with E-state index in [1.807, 2.05) is 37.4 Å². The van der Waals surface area contributed by atoms with Crippen molar-refractivity contribution in [2.45, 2.75) is 13.1 Å². The van der Waals surface area contributed by atoms with Crippen LogP contribution in [0, 0.1) is 0 Å². The molecule has 0 radical (unpaired) electrons. The molecule has 0 atom stereocenters. The normalized spacial score (nSPS) is 10.7. The molecule has 2 rings (SSSR count). The fraction of sp³-hybridized carbons (Fsp3) is 0.294. The van der Waals surface area contributed by atoms with E-state index >= 15 is 0 Å². The molecule has 0 aliphatic carbocycles. The highest BCUT2D eigenvalue weighted by molar-refractivity contribution is 14.0. The van der Waals surface area contributed by atoms with Crippen LogP contribution in [0.5, 0.6) is 5.88 Å². The van der Waals surface area contributed by atoms with Gasteiger partial charge in [0, 0.05) is 38.9 Å². The number of pyridine rings is 1. The quantitative estimate of drug-likeness (QED) is 0.454. The number of hydrogen-bond donors (Lipinski definition) is 1. The van der Waals surface area contributed by atoms with Crippen LogP contribution in [0.15, 0.2) is 53.7 Å². The first-order valence-electron chi connectivity index (χ1n) is 7.18. The summed E-state index contributed by atoms with van der Waals surface area (Å²) in [5.74, 6) is 1.46. The number of methoxy groups -OCH3 is 1. The molecule has 1 N–H and O–H groups in total. The van der Waals surface area contributed by atoms with Gasteiger partial charge in [0.25, 0.3) is 0 Å². The molecule has 0 spiro atoms. The predicted molar refractivity (Wildman–Crippen MR) is 104 cm³/mol. The van der Waals surface area contributed by atoms with Gasteiger partial charge in [0.1, 0.15) is 0 Å². The molecule has 0 saturated carbocycles. The van der Waals surface area contributed by atoms with Gasteiger partial charge in [-0.2, -0.15) is 0 Å². The maximum atomic E-state index is 5.26. The average molecular weight is 426 g/mol. The smallest absolute Gasteiger partial charge is 0.218 e. The van der Waals surface area contributed by atoms with Crippen LogP contribution >= 0.6 is 24.0 Å². The molecule has 23 heavy (non-hydrogen) atoms. The predicted octanol–water partition coefficient (Wildman–Crippen LogP) is 2.92. The van der Waals surface area contributed by atoms with Gasteiger partial charge in [-0.3, -0.25) is 4.99 Å². The average Bonchev–Trinajstić information content (AvgIpc) is 2.56. The number of aromatic nitrogens is 1. The van der Waals surface area contributed by atoms with Crippen molar-refractivity contribution >= 4 is 29.9 Å². The van der Waals surface area contributed by atoms with Crippen LogP contribution in [0.3, 0.4) is 0 Å². The number of nitrogens with one attached hydrogen (secondary N) is 1. The van der Waals surface area contributed by atoms with E-state index in [0.717, 1.165) is 18.1 Å². The van der Waals surface area contributed by atoms with Gasteiger partial charge in [-0.25, -0.2) is 4.98 Å². The Labute approximate surface area is 154 Å². The van der Waals surface area contributed by atoms with Crippen LogP contribution < -0.4 is 10.1 Å². The lowest BCUT2D eigenvalue weighted by Gasteiger charge is -2.22. The highest BCUT2D eigenvalue weighted by Crippen LogP contribution is 2.13. The zero-order valence-corrected chi connectivity index (χ0v) is 16.0.